The molecule has 1 aromatic carbocycles. The molecule has 0 aliphatic heterocycles. The van der Waals surface area contributed by atoms with E-state index in [1.807, 2.05) is 13.8 Å². The predicted molar refractivity (Wildman–Crippen MR) is 73.0 cm³/mol. The molecule has 1 unspecified atom stereocenters. The van der Waals surface area contributed by atoms with Crippen LogP contribution in [0.2, 0.25) is 0 Å². The summed E-state index contributed by atoms with van der Waals surface area (Å²) in [6.07, 6.45) is 0. The molecule has 0 aliphatic rings. The second kappa shape index (κ2) is 6.14. The monoisotopic (exact) mass is 285 g/mol. The zero-order valence-corrected chi connectivity index (χ0v) is 11.8. The van der Waals surface area contributed by atoms with Crippen molar-refractivity contribution in [2.45, 2.75) is 24.8 Å². The van der Waals surface area contributed by atoms with Crippen molar-refractivity contribution in [1.82, 2.24) is 4.72 Å². The maximum Gasteiger partial charge on any atom is 0.248 e. The van der Waals surface area contributed by atoms with E-state index in [9.17, 15) is 13.2 Å². The van der Waals surface area contributed by atoms with E-state index in [1.54, 1.807) is 0 Å². The number of primary amides is 1. The molecular formula is C12H19N3O3S. The fourth-order valence-corrected chi connectivity index (χ4v) is 2.40. The highest BCUT2D eigenvalue weighted by Gasteiger charge is 2.16. The molecule has 1 atom stereocenters. The molecule has 0 aromatic heterocycles. The summed E-state index contributed by atoms with van der Waals surface area (Å²) in [5.74, 6) is -0.418. The number of rotatable bonds is 6. The Morgan fingerprint density at radius 2 is 1.79 bits per heavy atom. The third kappa shape index (κ3) is 4.30. The van der Waals surface area contributed by atoms with Crippen LogP contribution in [0, 0.1) is 5.92 Å². The molecule has 106 valence electrons. The molecule has 0 aliphatic carbocycles. The van der Waals surface area contributed by atoms with E-state index in [4.69, 9.17) is 11.5 Å². The van der Waals surface area contributed by atoms with Crippen molar-refractivity contribution < 1.29 is 13.2 Å². The summed E-state index contributed by atoms with van der Waals surface area (Å²) in [5, 5.41) is 0. The Morgan fingerprint density at radius 1 is 1.26 bits per heavy atom. The Hall–Kier alpha value is -1.44. The van der Waals surface area contributed by atoms with Crippen molar-refractivity contribution in [2.75, 3.05) is 6.54 Å². The zero-order chi connectivity index (χ0) is 14.6. The topological polar surface area (TPSA) is 115 Å². The Labute approximate surface area is 113 Å². The van der Waals surface area contributed by atoms with Gasteiger partial charge in [-0.3, -0.25) is 4.79 Å². The van der Waals surface area contributed by atoms with E-state index in [1.165, 1.54) is 24.3 Å². The van der Waals surface area contributed by atoms with Gasteiger partial charge < -0.3 is 11.5 Å². The molecule has 0 spiro atoms. The maximum absolute atomic E-state index is 12.0. The van der Waals surface area contributed by atoms with Gasteiger partial charge in [0.1, 0.15) is 0 Å². The van der Waals surface area contributed by atoms with Gasteiger partial charge in [-0.2, -0.15) is 0 Å². The Kier molecular flexibility index (Phi) is 5.04. The molecule has 0 heterocycles. The van der Waals surface area contributed by atoms with E-state index in [0.29, 0.717) is 0 Å². The summed E-state index contributed by atoms with van der Waals surface area (Å²) in [6, 6.07) is 5.17. The minimum Gasteiger partial charge on any atom is -0.366 e. The fourth-order valence-electron chi connectivity index (χ4n) is 1.32. The minimum absolute atomic E-state index is 0.0773. The summed E-state index contributed by atoms with van der Waals surface area (Å²) >= 11 is 0. The summed E-state index contributed by atoms with van der Waals surface area (Å²) in [5.41, 5.74) is 11.1. The zero-order valence-electron chi connectivity index (χ0n) is 11.0. The molecule has 7 heteroatoms. The maximum atomic E-state index is 12.0. The molecule has 6 nitrogen and oxygen atoms in total. The number of carbonyl (C=O) groups is 1. The summed E-state index contributed by atoms with van der Waals surface area (Å²) in [4.78, 5) is 11.0. The van der Waals surface area contributed by atoms with Gasteiger partial charge in [0.05, 0.1) is 4.90 Å². The van der Waals surface area contributed by atoms with Gasteiger partial charge in [0.15, 0.2) is 0 Å². The van der Waals surface area contributed by atoms with E-state index in [-0.39, 0.29) is 29.0 Å². The van der Waals surface area contributed by atoms with E-state index >= 15 is 0 Å². The van der Waals surface area contributed by atoms with Crippen molar-refractivity contribution in [3.8, 4) is 0 Å². The lowest BCUT2D eigenvalue weighted by atomic mass is 10.1. The van der Waals surface area contributed by atoms with Crippen molar-refractivity contribution >= 4 is 15.9 Å². The number of amides is 1. The Bertz CT molecular complexity index is 538. The number of hydrogen-bond donors (Lipinski definition) is 3. The highest BCUT2D eigenvalue weighted by atomic mass is 32.2. The molecule has 5 N–H and O–H groups in total. The van der Waals surface area contributed by atoms with Gasteiger partial charge in [-0.15, -0.1) is 0 Å². The largest absolute Gasteiger partial charge is 0.366 e. The lowest BCUT2D eigenvalue weighted by Crippen LogP contribution is -2.40. The van der Waals surface area contributed by atoms with Gasteiger partial charge in [-0.1, -0.05) is 13.8 Å². The Morgan fingerprint density at radius 3 is 2.21 bits per heavy atom. The van der Waals surface area contributed by atoms with Gasteiger partial charge in [-0.25, -0.2) is 13.1 Å². The van der Waals surface area contributed by atoms with Crippen molar-refractivity contribution in [3.05, 3.63) is 29.8 Å². The van der Waals surface area contributed by atoms with Crippen molar-refractivity contribution in [3.63, 3.8) is 0 Å². The number of nitrogens with one attached hydrogen (secondary N) is 1. The third-order valence-electron chi connectivity index (χ3n) is 2.81. The lowest BCUT2D eigenvalue weighted by molar-refractivity contribution is 0.1000. The first kappa shape index (κ1) is 15.6. The quantitative estimate of drug-likeness (QED) is 0.684. The van der Waals surface area contributed by atoms with Crippen LogP contribution in [0.25, 0.3) is 0 Å². The van der Waals surface area contributed by atoms with Crippen LogP contribution in [-0.4, -0.2) is 26.9 Å². The first-order chi connectivity index (χ1) is 8.74. The highest BCUT2D eigenvalue weighted by Crippen LogP contribution is 2.10. The van der Waals surface area contributed by atoms with E-state index in [2.05, 4.69) is 4.72 Å². The Balaban J connectivity index is 2.80. The standard InChI is InChI=1S/C12H19N3O3S/c1-8(2)11(13)7-15-19(17,18)10-5-3-9(4-6-10)12(14)16/h3-6,8,11,15H,7,13H2,1-2H3,(H2,14,16). The molecular weight excluding hydrogens is 266 g/mol. The first-order valence-electron chi connectivity index (χ1n) is 5.89. The van der Waals surface area contributed by atoms with Gasteiger partial charge in [0, 0.05) is 18.2 Å². The van der Waals surface area contributed by atoms with Crippen LogP contribution in [0.1, 0.15) is 24.2 Å². The number of sulfonamides is 1. The van der Waals surface area contributed by atoms with Crippen LogP contribution >= 0.6 is 0 Å². The van der Waals surface area contributed by atoms with Crippen LogP contribution < -0.4 is 16.2 Å². The molecule has 1 aromatic rings. The third-order valence-corrected chi connectivity index (χ3v) is 4.25. The molecule has 0 fully saturated rings. The molecule has 0 bridgehead atoms. The van der Waals surface area contributed by atoms with Gasteiger partial charge in [-0.05, 0) is 30.2 Å². The molecule has 0 saturated heterocycles. The molecule has 0 saturated carbocycles. The summed E-state index contributed by atoms with van der Waals surface area (Å²) in [6.45, 7) is 4.00. The van der Waals surface area contributed by atoms with Crippen LogP contribution in [0.15, 0.2) is 29.2 Å². The van der Waals surface area contributed by atoms with Crippen LogP contribution in [-0.2, 0) is 10.0 Å². The molecule has 0 radical (unpaired) electrons. The van der Waals surface area contributed by atoms with Gasteiger partial charge >= 0.3 is 0 Å². The molecule has 19 heavy (non-hydrogen) atoms. The van der Waals surface area contributed by atoms with E-state index in [0.717, 1.165) is 0 Å². The van der Waals surface area contributed by atoms with Crippen LogP contribution in [0.5, 0.6) is 0 Å². The van der Waals surface area contributed by atoms with Crippen molar-refractivity contribution in [2.24, 2.45) is 17.4 Å². The second-order valence-electron chi connectivity index (χ2n) is 4.65. The number of carbonyl (C=O) groups excluding carboxylic acids is 1. The first-order valence-corrected chi connectivity index (χ1v) is 7.37. The average Bonchev–Trinajstić information content (AvgIpc) is 2.36. The number of benzene rings is 1. The number of hydrogen-bond acceptors (Lipinski definition) is 4. The SMILES string of the molecule is CC(C)C(N)CNS(=O)(=O)c1ccc(C(N)=O)cc1. The molecule has 1 amide bonds. The van der Waals surface area contributed by atoms with E-state index < -0.39 is 15.9 Å². The van der Waals surface area contributed by atoms with Crippen LogP contribution in [0.3, 0.4) is 0 Å². The summed E-state index contributed by atoms with van der Waals surface area (Å²) in [7, 11) is -3.61. The molecule has 1 rings (SSSR count). The smallest absolute Gasteiger partial charge is 0.248 e. The average molecular weight is 285 g/mol. The fraction of sp³-hybridized carbons (Fsp3) is 0.417. The summed E-state index contributed by atoms with van der Waals surface area (Å²) < 4.78 is 26.4. The highest BCUT2D eigenvalue weighted by molar-refractivity contribution is 7.89. The van der Waals surface area contributed by atoms with Crippen molar-refractivity contribution in [1.29, 1.82) is 0 Å². The van der Waals surface area contributed by atoms with Crippen LogP contribution in [0.4, 0.5) is 0 Å². The predicted octanol–water partition coefficient (Wildman–Crippen LogP) is 0.0471. The second-order valence-corrected chi connectivity index (χ2v) is 6.42. The minimum atomic E-state index is -3.61. The lowest BCUT2D eigenvalue weighted by Gasteiger charge is -2.16. The van der Waals surface area contributed by atoms with Gasteiger partial charge in [0.25, 0.3) is 0 Å². The number of nitrogens with two attached hydrogens (primary N) is 2. The normalized spacial score (nSPS) is 13.5. The van der Waals surface area contributed by atoms with Gasteiger partial charge in [0.2, 0.25) is 15.9 Å².